The molecule has 1 saturated heterocycles. The summed E-state index contributed by atoms with van der Waals surface area (Å²) < 4.78 is 4.86. The summed E-state index contributed by atoms with van der Waals surface area (Å²) in [6, 6.07) is 0.180. The third-order valence-corrected chi connectivity index (χ3v) is 5.22. The molecule has 2 unspecified atom stereocenters. The quantitative estimate of drug-likeness (QED) is 0.608. The Morgan fingerprint density at radius 2 is 2.13 bits per heavy atom. The zero-order valence-electron chi connectivity index (χ0n) is 13.7. The van der Waals surface area contributed by atoms with Crippen molar-refractivity contribution >= 4 is 29.5 Å². The first kappa shape index (κ1) is 17.8. The molecule has 23 heavy (non-hydrogen) atoms. The van der Waals surface area contributed by atoms with Crippen LogP contribution >= 0.6 is 11.8 Å². The lowest BCUT2D eigenvalue weighted by atomic mass is 9.86. The van der Waals surface area contributed by atoms with Crippen LogP contribution in [-0.2, 0) is 19.1 Å². The van der Waals surface area contributed by atoms with Crippen LogP contribution in [0.4, 0.5) is 0 Å². The average molecular weight is 340 g/mol. The standard InChI is InChI=1S/C16H24N2O4S/c1-3-22-16(21)8-15-18(14(20)10-23-15)9-13(19)17-12-7-5-4-6-11(12)2/h8,11-12H,3-7,9-10H2,1-2H3,(H,17,19). The molecule has 2 fully saturated rings. The van der Waals surface area contributed by atoms with Crippen LogP contribution in [0, 0.1) is 5.92 Å². The van der Waals surface area contributed by atoms with Crippen molar-refractivity contribution in [2.75, 3.05) is 18.9 Å². The average Bonchev–Trinajstić information content (AvgIpc) is 2.83. The second-order valence-corrected chi connectivity index (χ2v) is 6.93. The Labute approximate surface area is 141 Å². The molecule has 2 rings (SSSR count). The number of amides is 2. The van der Waals surface area contributed by atoms with Gasteiger partial charge in [0.25, 0.3) is 0 Å². The van der Waals surface area contributed by atoms with Gasteiger partial charge in [0.15, 0.2) is 0 Å². The highest BCUT2D eigenvalue weighted by Gasteiger charge is 2.30. The van der Waals surface area contributed by atoms with Gasteiger partial charge in [-0.1, -0.05) is 31.5 Å². The van der Waals surface area contributed by atoms with Gasteiger partial charge in [-0.05, 0) is 25.7 Å². The van der Waals surface area contributed by atoms with E-state index in [-0.39, 0.29) is 36.8 Å². The number of carbonyl (C=O) groups is 3. The maximum Gasteiger partial charge on any atom is 0.333 e. The van der Waals surface area contributed by atoms with Gasteiger partial charge in [0.1, 0.15) is 6.54 Å². The number of carbonyl (C=O) groups excluding carboxylic acids is 3. The first-order valence-electron chi connectivity index (χ1n) is 8.12. The summed E-state index contributed by atoms with van der Waals surface area (Å²) in [6.07, 6.45) is 5.73. The Kier molecular flexibility index (Phi) is 6.50. The highest BCUT2D eigenvalue weighted by atomic mass is 32.2. The fraction of sp³-hybridized carbons (Fsp3) is 0.688. The van der Waals surface area contributed by atoms with Crippen molar-refractivity contribution in [1.29, 1.82) is 0 Å². The molecule has 1 aliphatic carbocycles. The highest BCUT2D eigenvalue weighted by molar-refractivity contribution is 8.04. The van der Waals surface area contributed by atoms with Crippen molar-refractivity contribution in [3.05, 3.63) is 11.1 Å². The van der Waals surface area contributed by atoms with Crippen molar-refractivity contribution in [1.82, 2.24) is 10.2 Å². The topological polar surface area (TPSA) is 75.7 Å². The number of nitrogens with one attached hydrogen (secondary N) is 1. The Balaban J connectivity index is 1.94. The molecule has 1 N–H and O–H groups in total. The van der Waals surface area contributed by atoms with E-state index in [1.807, 2.05) is 0 Å². The van der Waals surface area contributed by atoms with Gasteiger partial charge in [-0.2, -0.15) is 0 Å². The molecule has 7 heteroatoms. The van der Waals surface area contributed by atoms with Gasteiger partial charge >= 0.3 is 5.97 Å². The Morgan fingerprint density at radius 3 is 2.83 bits per heavy atom. The van der Waals surface area contributed by atoms with Gasteiger partial charge in [-0.25, -0.2) is 4.79 Å². The zero-order chi connectivity index (χ0) is 16.8. The summed E-state index contributed by atoms with van der Waals surface area (Å²) in [6.45, 7) is 4.11. The number of nitrogens with zero attached hydrogens (tertiary/aromatic N) is 1. The molecule has 0 aromatic rings. The normalized spacial score (nSPS) is 26.4. The van der Waals surface area contributed by atoms with E-state index in [0.717, 1.165) is 19.3 Å². The minimum atomic E-state index is -0.490. The first-order chi connectivity index (χ1) is 11.0. The Bertz CT molecular complexity index is 506. The van der Waals surface area contributed by atoms with Gasteiger partial charge in [0.05, 0.1) is 23.5 Å². The third-order valence-electron chi connectivity index (χ3n) is 4.20. The molecular formula is C16H24N2O4S. The van der Waals surface area contributed by atoms with E-state index < -0.39 is 5.97 Å². The second-order valence-electron chi connectivity index (χ2n) is 5.94. The fourth-order valence-corrected chi connectivity index (χ4v) is 3.84. The van der Waals surface area contributed by atoms with Gasteiger partial charge in [-0.3, -0.25) is 14.5 Å². The van der Waals surface area contributed by atoms with E-state index in [1.54, 1.807) is 6.92 Å². The molecule has 0 spiro atoms. The molecule has 2 atom stereocenters. The van der Waals surface area contributed by atoms with Crippen molar-refractivity contribution < 1.29 is 19.1 Å². The summed E-state index contributed by atoms with van der Waals surface area (Å²) in [5.74, 6) is -0.105. The van der Waals surface area contributed by atoms with E-state index >= 15 is 0 Å². The predicted octanol–water partition coefficient (Wildman–Crippen LogP) is 1.66. The van der Waals surface area contributed by atoms with Crippen LogP contribution < -0.4 is 5.32 Å². The fourth-order valence-electron chi connectivity index (χ4n) is 2.91. The number of ether oxygens (including phenoxy) is 1. The molecule has 1 aliphatic heterocycles. The van der Waals surface area contributed by atoms with Gasteiger partial charge in [0, 0.05) is 6.04 Å². The first-order valence-corrected chi connectivity index (χ1v) is 9.10. The molecule has 6 nitrogen and oxygen atoms in total. The van der Waals surface area contributed by atoms with E-state index in [9.17, 15) is 14.4 Å². The highest BCUT2D eigenvalue weighted by Crippen LogP contribution is 2.29. The summed E-state index contributed by atoms with van der Waals surface area (Å²) in [5, 5.41) is 3.52. The molecule has 2 aliphatic rings. The molecule has 0 aromatic heterocycles. The number of rotatable bonds is 5. The van der Waals surface area contributed by atoms with Crippen LogP contribution in [0.25, 0.3) is 0 Å². The van der Waals surface area contributed by atoms with Gasteiger partial charge in [-0.15, -0.1) is 0 Å². The Morgan fingerprint density at radius 1 is 1.39 bits per heavy atom. The number of esters is 1. The molecule has 0 radical (unpaired) electrons. The largest absolute Gasteiger partial charge is 0.463 e. The van der Waals surface area contributed by atoms with Gasteiger partial charge < -0.3 is 10.1 Å². The van der Waals surface area contributed by atoms with E-state index in [4.69, 9.17) is 4.74 Å². The minimum absolute atomic E-state index is 0.0414. The van der Waals surface area contributed by atoms with E-state index in [0.29, 0.717) is 10.9 Å². The van der Waals surface area contributed by atoms with Crippen molar-refractivity contribution in [3.8, 4) is 0 Å². The Hall–Kier alpha value is -1.50. The summed E-state index contributed by atoms with van der Waals surface area (Å²) in [5.41, 5.74) is 0. The summed E-state index contributed by atoms with van der Waals surface area (Å²) >= 11 is 1.26. The number of hydrogen-bond donors (Lipinski definition) is 1. The van der Waals surface area contributed by atoms with Crippen molar-refractivity contribution in [2.45, 2.75) is 45.6 Å². The van der Waals surface area contributed by atoms with Gasteiger partial charge in [0.2, 0.25) is 11.8 Å². The van der Waals surface area contributed by atoms with Crippen LogP contribution in [0.2, 0.25) is 0 Å². The third kappa shape index (κ3) is 4.99. The molecule has 0 bridgehead atoms. The number of thioether (sulfide) groups is 1. The molecule has 1 saturated carbocycles. The molecule has 2 amide bonds. The van der Waals surface area contributed by atoms with E-state index in [2.05, 4.69) is 12.2 Å². The lowest BCUT2D eigenvalue weighted by molar-refractivity contribution is -0.137. The lowest BCUT2D eigenvalue weighted by Gasteiger charge is -2.30. The maximum atomic E-state index is 12.3. The monoisotopic (exact) mass is 340 g/mol. The minimum Gasteiger partial charge on any atom is -0.463 e. The van der Waals surface area contributed by atoms with Crippen LogP contribution in [-0.4, -0.2) is 47.6 Å². The van der Waals surface area contributed by atoms with Crippen LogP contribution in [0.5, 0.6) is 0 Å². The number of hydrogen-bond acceptors (Lipinski definition) is 5. The maximum absolute atomic E-state index is 12.3. The molecule has 128 valence electrons. The summed E-state index contributed by atoms with van der Waals surface area (Å²) in [4.78, 5) is 37.1. The molecule has 0 aromatic carbocycles. The zero-order valence-corrected chi connectivity index (χ0v) is 14.5. The van der Waals surface area contributed by atoms with Crippen LogP contribution in [0.15, 0.2) is 11.1 Å². The van der Waals surface area contributed by atoms with E-state index in [1.165, 1.54) is 29.2 Å². The SMILES string of the molecule is CCOC(=O)C=C1SCC(=O)N1CC(=O)NC1CCCCC1C. The van der Waals surface area contributed by atoms with Crippen LogP contribution in [0.1, 0.15) is 39.5 Å². The predicted molar refractivity (Wildman–Crippen MR) is 88.4 cm³/mol. The summed E-state index contributed by atoms with van der Waals surface area (Å²) in [7, 11) is 0. The van der Waals surface area contributed by atoms with Crippen molar-refractivity contribution in [2.24, 2.45) is 5.92 Å². The van der Waals surface area contributed by atoms with Crippen molar-refractivity contribution in [3.63, 3.8) is 0 Å². The smallest absolute Gasteiger partial charge is 0.333 e. The van der Waals surface area contributed by atoms with Crippen LogP contribution in [0.3, 0.4) is 0 Å². The lowest BCUT2D eigenvalue weighted by Crippen LogP contribution is -2.45. The second kappa shape index (κ2) is 8.38. The molecule has 1 heterocycles. The molecular weight excluding hydrogens is 316 g/mol.